The Morgan fingerprint density at radius 1 is 1.39 bits per heavy atom. The quantitative estimate of drug-likeness (QED) is 0.809. The van der Waals surface area contributed by atoms with Crippen molar-refractivity contribution >= 4 is 23.6 Å². The third-order valence-corrected chi connectivity index (χ3v) is 4.58. The summed E-state index contributed by atoms with van der Waals surface area (Å²) in [7, 11) is 0. The van der Waals surface area contributed by atoms with Crippen molar-refractivity contribution in [2.24, 2.45) is 0 Å². The van der Waals surface area contributed by atoms with Crippen molar-refractivity contribution in [2.45, 2.75) is 16.6 Å². The lowest BCUT2D eigenvalue weighted by Crippen LogP contribution is -2.52. The monoisotopic (exact) mass is 262 g/mol. The highest BCUT2D eigenvalue weighted by Gasteiger charge is 2.32. The molecular weight excluding hydrogens is 248 g/mol. The molecule has 1 aromatic rings. The molecule has 94 valence electrons. The van der Waals surface area contributed by atoms with Crippen LogP contribution in [-0.4, -0.2) is 41.6 Å². The maximum Gasteiger partial charge on any atom is 0.239 e. The van der Waals surface area contributed by atoms with E-state index in [1.54, 1.807) is 16.7 Å². The highest BCUT2D eigenvalue weighted by atomic mass is 32.2. The number of benzene rings is 1. The Morgan fingerprint density at radius 3 is 3.00 bits per heavy atom. The van der Waals surface area contributed by atoms with Crippen molar-refractivity contribution in [2.75, 3.05) is 19.6 Å². The fourth-order valence-corrected chi connectivity index (χ4v) is 3.63. The molecule has 1 atom stereocenters. The van der Waals surface area contributed by atoms with Gasteiger partial charge in [0.25, 0.3) is 0 Å². The predicted molar refractivity (Wildman–Crippen MR) is 69.4 cm³/mol. The van der Waals surface area contributed by atoms with Crippen molar-refractivity contribution < 1.29 is 9.59 Å². The van der Waals surface area contributed by atoms with Crippen LogP contribution < -0.4 is 5.32 Å². The van der Waals surface area contributed by atoms with Gasteiger partial charge < -0.3 is 10.2 Å². The molecule has 0 unspecified atom stereocenters. The highest BCUT2D eigenvalue weighted by molar-refractivity contribution is 8.01. The van der Waals surface area contributed by atoms with Gasteiger partial charge in [-0.3, -0.25) is 9.59 Å². The van der Waals surface area contributed by atoms with Gasteiger partial charge in [0.2, 0.25) is 11.8 Å². The molecule has 1 fully saturated rings. The van der Waals surface area contributed by atoms with E-state index in [9.17, 15) is 9.59 Å². The lowest BCUT2D eigenvalue weighted by molar-refractivity contribution is -0.137. The standard InChI is InChI=1S/C13H14N2O2S/c16-12-8-15(6-5-14-12)13(17)11-7-9-3-1-2-4-10(9)18-11/h1-4,11H,5-8H2,(H,14,16)/t11-/m0/s1. The zero-order valence-corrected chi connectivity index (χ0v) is 10.7. The number of piperazine rings is 1. The zero-order chi connectivity index (χ0) is 12.5. The number of nitrogens with zero attached hydrogens (tertiary/aromatic N) is 1. The molecule has 2 aliphatic heterocycles. The van der Waals surface area contributed by atoms with Crippen molar-refractivity contribution in [3.63, 3.8) is 0 Å². The lowest BCUT2D eigenvalue weighted by Gasteiger charge is -2.28. The Hall–Kier alpha value is -1.49. The summed E-state index contributed by atoms with van der Waals surface area (Å²) in [6, 6.07) is 8.11. The molecule has 2 heterocycles. The molecule has 2 aliphatic rings. The van der Waals surface area contributed by atoms with Crippen LogP contribution in [0.3, 0.4) is 0 Å². The summed E-state index contributed by atoms with van der Waals surface area (Å²) in [6.07, 6.45) is 0.776. The number of nitrogens with one attached hydrogen (secondary N) is 1. The summed E-state index contributed by atoms with van der Waals surface area (Å²) in [5, 5.41) is 2.67. The Kier molecular flexibility index (Phi) is 2.99. The fraction of sp³-hybridized carbons (Fsp3) is 0.385. The molecule has 0 spiro atoms. The van der Waals surface area contributed by atoms with Crippen LogP contribution in [0.2, 0.25) is 0 Å². The SMILES string of the molecule is O=C1CN(C(=O)[C@@H]2Cc3ccccc3S2)CCN1. The molecule has 0 aromatic heterocycles. The summed E-state index contributed by atoms with van der Waals surface area (Å²) < 4.78 is 0. The lowest BCUT2D eigenvalue weighted by atomic mass is 10.1. The van der Waals surface area contributed by atoms with E-state index in [0.717, 1.165) is 6.42 Å². The molecule has 1 N–H and O–H groups in total. The van der Waals surface area contributed by atoms with E-state index in [1.807, 2.05) is 12.1 Å². The number of carbonyl (C=O) groups excluding carboxylic acids is 2. The molecule has 18 heavy (non-hydrogen) atoms. The van der Waals surface area contributed by atoms with Gasteiger partial charge in [-0.05, 0) is 18.1 Å². The topological polar surface area (TPSA) is 49.4 Å². The van der Waals surface area contributed by atoms with Crippen LogP contribution in [0, 0.1) is 0 Å². The summed E-state index contributed by atoms with van der Waals surface area (Å²) in [5.41, 5.74) is 1.24. The van der Waals surface area contributed by atoms with Crippen molar-refractivity contribution in [3.05, 3.63) is 29.8 Å². The zero-order valence-electron chi connectivity index (χ0n) is 9.89. The summed E-state index contributed by atoms with van der Waals surface area (Å²) in [5.74, 6) is 0.0289. The predicted octanol–water partition coefficient (Wildman–Crippen LogP) is 0.662. The normalized spacial score (nSPS) is 22.6. The number of hydrogen-bond acceptors (Lipinski definition) is 3. The number of thioether (sulfide) groups is 1. The van der Waals surface area contributed by atoms with Gasteiger partial charge >= 0.3 is 0 Å². The largest absolute Gasteiger partial charge is 0.353 e. The maximum atomic E-state index is 12.3. The Bertz CT molecular complexity index is 479. The van der Waals surface area contributed by atoms with Gasteiger partial charge in [0, 0.05) is 18.0 Å². The second kappa shape index (κ2) is 4.65. The number of amides is 2. The molecule has 1 saturated heterocycles. The van der Waals surface area contributed by atoms with Gasteiger partial charge in [-0.25, -0.2) is 0 Å². The van der Waals surface area contributed by atoms with E-state index in [1.165, 1.54) is 10.5 Å². The average Bonchev–Trinajstić information content (AvgIpc) is 2.81. The third kappa shape index (κ3) is 2.10. The van der Waals surface area contributed by atoms with Crippen LogP contribution in [0.1, 0.15) is 5.56 Å². The van der Waals surface area contributed by atoms with Crippen LogP contribution >= 0.6 is 11.8 Å². The molecule has 3 rings (SSSR count). The molecule has 2 amide bonds. The molecular formula is C13H14N2O2S. The second-order valence-electron chi connectivity index (χ2n) is 4.53. The molecule has 0 aliphatic carbocycles. The Labute approximate surface area is 110 Å². The Balaban J connectivity index is 1.70. The maximum absolute atomic E-state index is 12.3. The minimum absolute atomic E-state index is 0.0601. The van der Waals surface area contributed by atoms with E-state index in [-0.39, 0.29) is 23.6 Å². The molecule has 0 saturated carbocycles. The number of rotatable bonds is 1. The first-order chi connectivity index (χ1) is 8.74. The minimum atomic E-state index is -0.0618. The van der Waals surface area contributed by atoms with Gasteiger partial charge in [-0.2, -0.15) is 0 Å². The van der Waals surface area contributed by atoms with Gasteiger partial charge in [-0.15, -0.1) is 11.8 Å². The van der Waals surface area contributed by atoms with Gasteiger partial charge in [0.15, 0.2) is 0 Å². The molecule has 0 bridgehead atoms. The minimum Gasteiger partial charge on any atom is -0.353 e. The van der Waals surface area contributed by atoms with E-state index in [4.69, 9.17) is 0 Å². The van der Waals surface area contributed by atoms with Crippen LogP contribution in [0.15, 0.2) is 29.2 Å². The van der Waals surface area contributed by atoms with E-state index in [2.05, 4.69) is 17.4 Å². The van der Waals surface area contributed by atoms with Crippen molar-refractivity contribution in [1.29, 1.82) is 0 Å². The number of fused-ring (bicyclic) bond motifs is 1. The van der Waals surface area contributed by atoms with Gasteiger partial charge in [0.1, 0.15) is 0 Å². The summed E-state index contributed by atoms with van der Waals surface area (Å²) in [6.45, 7) is 1.39. The second-order valence-corrected chi connectivity index (χ2v) is 5.77. The molecule has 1 aromatic carbocycles. The first-order valence-corrected chi connectivity index (χ1v) is 6.92. The first kappa shape index (κ1) is 11.6. The van der Waals surface area contributed by atoms with Crippen LogP contribution in [0.4, 0.5) is 0 Å². The average molecular weight is 262 g/mol. The summed E-state index contributed by atoms with van der Waals surface area (Å²) in [4.78, 5) is 26.5. The van der Waals surface area contributed by atoms with Crippen molar-refractivity contribution in [1.82, 2.24) is 10.2 Å². The van der Waals surface area contributed by atoms with Crippen LogP contribution in [-0.2, 0) is 16.0 Å². The first-order valence-electron chi connectivity index (χ1n) is 6.04. The van der Waals surface area contributed by atoms with Gasteiger partial charge in [0.05, 0.1) is 11.8 Å². The van der Waals surface area contributed by atoms with E-state index >= 15 is 0 Å². The number of hydrogen-bond donors (Lipinski definition) is 1. The number of carbonyl (C=O) groups is 2. The van der Waals surface area contributed by atoms with Gasteiger partial charge in [-0.1, -0.05) is 18.2 Å². The van der Waals surface area contributed by atoms with Crippen LogP contribution in [0.5, 0.6) is 0 Å². The van der Waals surface area contributed by atoms with Crippen LogP contribution in [0.25, 0.3) is 0 Å². The molecule has 4 nitrogen and oxygen atoms in total. The Morgan fingerprint density at radius 2 is 2.22 bits per heavy atom. The molecule has 5 heteroatoms. The summed E-state index contributed by atoms with van der Waals surface area (Å²) >= 11 is 1.62. The van der Waals surface area contributed by atoms with E-state index in [0.29, 0.717) is 13.1 Å². The highest BCUT2D eigenvalue weighted by Crippen LogP contribution is 2.37. The van der Waals surface area contributed by atoms with E-state index < -0.39 is 0 Å². The smallest absolute Gasteiger partial charge is 0.239 e. The third-order valence-electron chi connectivity index (χ3n) is 3.27. The fourth-order valence-electron chi connectivity index (χ4n) is 2.35. The van der Waals surface area contributed by atoms with Crippen molar-refractivity contribution in [3.8, 4) is 0 Å². The molecule has 0 radical (unpaired) electrons.